The minimum absolute atomic E-state index is 0.157. The molecule has 1 fully saturated rings. The van der Waals surface area contributed by atoms with E-state index >= 15 is 0 Å². The molecule has 8 nitrogen and oxygen atoms in total. The van der Waals surface area contributed by atoms with Crippen LogP contribution in [0.2, 0.25) is 10.0 Å². The van der Waals surface area contributed by atoms with Gasteiger partial charge >= 0.3 is 0 Å². The summed E-state index contributed by atoms with van der Waals surface area (Å²) in [5.74, 6) is -0.596. The first-order chi connectivity index (χ1) is 12.8. The van der Waals surface area contributed by atoms with Crippen LogP contribution in [-0.2, 0) is 14.8 Å². The van der Waals surface area contributed by atoms with Crippen molar-refractivity contribution in [1.29, 1.82) is 0 Å². The summed E-state index contributed by atoms with van der Waals surface area (Å²) in [6, 6.07) is 3.88. The predicted octanol–water partition coefficient (Wildman–Crippen LogP) is 2.22. The first kappa shape index (κ1) is 20.3. The fourth-order valence-corrected chi connectivity index (χ4v) is 4.97. The number of amides is 1. The average molecular weight is 451 g/mol. The highest BCUT2D eigenvalue weighted by Crippen LogP contribution is 2.27. The average Bonchev–Trinajstić information content (AvgIpc) is 3.01. The maximum atomic E-state index is 12.4. The molecule has 0 aliphatic carbocycles. The Labute approximate surface area is 170 Å². The minimum Gasteiger partial charge on any atom is -0.378 e. The van der Waals surface area contributed by atoms with Crippen LogP contribution in [0.4, 0.5) is 5.13 Å². The van der Waals surface area contributed by atoms with Crippen molar-refractivity contribution < 1.29 is 17.9 Å². The second-order valence-corrected chi connectivity index (χ2v) is 9.21. The highest BCUT2D eigenvalue weighted by atomic mass is 35.5. The van der Waals surface area contributed by atoms with Crippen molar-refractivity contribution >= 4 is 55.6 Å². The molecule has 0 spiro atoms. The van der Waals surface area contributed by atoms with Gasteiger partial charge in [0.15, 0.2) is 5.13 Å². The van der Waals surface area contributed by atoms with Crippen LogP contribution in [-0.4, -0.2) is 45.6 Å². The molecule has 2 N–H and O–H groups in total. The molecular weight excluding hydrogens is 435 g/mol. The molecule has 1 aliphatic heterocycles. The van der Waals surface area contributed by atoms with Crippen molar-refractivity contribution in [2.24, 2.45) is 0 Å². The minimum atomic E-state index is -4.03. The molecular formula is C15H16Cl2N4O4S2. The number of benzene rings is 1. The first-order valence-corrected chi connectivity index (χ1v) is 10.9. The molecule has 2 aromatic rings. The lowest BCUT2D eigenvalue weighted by Crippen LogP contribution is -2.41. The van der Waals surface area contributed by atoms with E-state index < -0.39 is 15.9 Å². The van der Waals surface area contributed by atoms with Crippen LogP contribution in [0.1, 0.15) is 15.4 Å². The third-order valence-corrected chi connectivity index (χ3v) is 6.60. The molecule has 1 aromatic carbocycles. The van der Waals surface area contributed by atoms with Gasteiger partial charge in [0.25, 0.3) is 15.9 Å². The van der Waals surface area contributed by atoms with Gasteiger partial charge in [-0.25, -0.2) is 13.4 Å². The largest absolute Gasteiger partial charge is 0.378 e. The number of nitrogens with zero attached hydrogens (tertiary/aromatic N) is 2. The lowest BCUT2D eigenvalue weighted by atomic mass is 10.4. The monoisotopic (exact) mass is 450 g/mol. The van der Waals surface area contributed by atoms with Crippen LogP contribution in [0.15, 0.2) is 23.1 Å². The Morgan fingerprint density at radius 2 is 1.85 bits per heavy atom. The molecule has 12 heteroatoms. The third-order valence-electron chi connectivity index (χ3n) is 3.72. The fourth-order valence-electron chi connectivity index (χ4n) is 2.40. The molecule has 0 unspecified atom stereocenters. The van der Waals surface area contributed by atoms with E-state index in [0.717, 1.165) is 0 Å². The number of anilines is 1. The van der Waals surface area contributed by atoms with Crippen molar-refractivity contribution in [3.63, 3.8) is 0 Å². The van der Waals surface area contributed by atoms with Gasteiger partial charge in [0.1, 0.15) is 4.88 Å². The summed E-state index contributed by atoms with van der Waals surface area (Å²) in [6.45, 7) is 4.28. The van der Waals surface area contributed by atoms with Crippen LogP contribution in [0.3, 0.4) is 0 Å². The number of sulfonamides is 1. The maximum Gasteiger partial charge on any atom is 0.278 e. The summed E-state index contributed by atoms with van der Waals surface area (Å²) in [7, 11) is -4.03. The van der Waals surface area contributed by atoms with Gasteiger partial charge in [-0.05, 0) is 25.1 Å². The Balaban J connectivity index is 1.71. The number of hydrogen-bond acceptors (Lipinski definition) is 7. The molecule has 0 bridgehead atoms. The highest BCUT2D eigenvalue weighted by Gasteiger charge is 2.22. The van der Waals surface area contributed by atoms with Crippen LogP contribution in [0.5, 0.6) is 0 Å². The number of halogens is 2. The lowest BCUT2D eigenvalue weighted by molar-refractivity contribution is 0.0948. The first-order valence-electron chi connectivity index (χ1n) is 7.84. The maximum absolute atomic E-state index is 12.4. The molecule has 2 heterocycles. The van der Waals surface area contributed by atoms with Crippen molar-refractivity contribution in [2.45, 2.75) is 11.8 Å². The van der Waals surface area contributed by atoms with E-state index in [4.69, 9.17) is 27.9 Å². The molecule has 0 radical (unpaired) electrons. The van der Waals surface area contributed by atoms with E-state index in [0.29, 0.717) is 42.0 Å². The summed E-state index contributed by atoms with van der Waals surface area (Å²) in [6.07, 6.45) is 0. The number of thiazole rings is 1. The van der Waals surface area contributed by atoms with Gasteiger partial charge < -0.3 is 9.64 Å². The summed E-state index contributed by atoms with van der Waals surface area (Å²) in [5.41, 5.74) is 2.72. The molecule has 1 saturated heterocycles. The van der Waals surface area contributed by atoms with Crippen LogP contribution < -0.4 is 15.2 Å². The zero-order chi connectivity index (χ0) is 19.6. The lowest BCUT2D eigenvalue weighted by Gasteiger charge is -2.25. The standard InChI is InChI=1S/C15H16Cl2N4O4S2/c1-9-13(26-15(18-9)21-2-4-25-5-3-21)14(22)19-20-27(23,24)12-7-10(16)6-11(17)8-12/h6-8,20H,2-5H2,1H3,(H,19,22). The Kier molecular flexibility index (Phi) is 6.24. The van der Waals surface area contributed by atoms with E-state index in [1.54, 1.807) is 6.92 Å². The number of carbonyl (C=O) groups excluding carboxylic acids is 1. The quantitative estimate of drug-likeness (QED) is 0.677. The number of ether oxygens (including phenoxy) is 1. The summed E-state index contributed by atoms with van der Waals surface area (Å²) < 4.78 is 30.0. The molecule has 3 rings (SSSR count). The molecule has 1 aromatic heterocycles. The highest BCUT2D eigenvalue weighted by molar-refractivity contribution is 7.89. The molecule has 146 valence electrons. The predicted molar refractivity (Wildman–Crippen MR) is 104 cm³/mol. The molecule has 27 heavy (non-hydrogen) atoms. The Morgan fingerprint density at radius 1 is 1.22 bits per heavy atom. The van der Waals surface area contributed by atoms with E-state index in [2.05, 4.69) is 10.4 Å². The SMILES string of the molecule is Cc1nc(N2CCOCC2)sc1C(=O)NNS(=O)(=O)c1cc(Cl)cc(Cl)c1. The van der Waals surface area contributed by atoms with E-state index in [1.165, 1.54) is 29.5 Å². The summed E-state index contributed by atoms with van der Waals surface area (Å²) in [5, 5.41) is 1.04. The van der Waals surface area contributed by atoms with Crippen LogP contribution in [0.25, 0.3) is 0 Å². The summed E-state index contributed by atoms with van der Waals surface area (Å²) in [4.78, 5) is 21.0. The van der Waals surface area contributed by atoms with Gasteiger partial charge in [-0.2, -0.15) is 0 Å². The van der Waals surface area contributed by atoms with Gasteiger partial charge in [-0.1, -0.05) is 34.5 Å². The van der Waals surface area contributed by atoms with Gasteiger partial charge in [-0.3, -0.25) is 10.2 Å². The van der Waals surface area contributed by atoms with Crippen molar-refractivity contribution in [3.05, 3.63) is 38.8 Å². The van der Waals surface area contributed by atoms with Gasteiger partial charge in [0.2, 0.25) is 0 Å². The Bertz CT molecular complexity index is 938. The van der Waals surface area contributed by atoms with Gasteiger partial charge in [0.05, 0.1) is 23.8 Å². The number of aromatic nitrogens is 1. The van der Waals surface area contributed by atoms with E-state index in [9.17, 15) is 13.2 Å². The number of aryl methyl sites for hydroxylation is 1. The third kappa shape index (κ3) is 4.89. The van der Waals surface area contributed by atoms with Crippen molar-refractivity contribution in [2.75, 3.05) is 31.2 Å². The smallest absolute Gasteiger partial charge is 0.278 e. The number of hydrazine groups is 1. The number of hydrogen-bond donors (Lipinski definition) is 2. The zero-order valence-corrected chi connectivity index (χ0v) is 17.3. The normalized spacial score (nSPS) is 15.0. The van der Waals surface area contributed by atoms with Gasteiger partial charge in [-0.15, -0.1) is 4.83 Å². The van der Waals surface area contributed by atoms with E-state index in [1.807, 2.05) is 9.73 Å². The topological polar surface area (TPSA) is 101 Å². The van der Waals surface area contributed by atoms with Crippen LogP contribution >= 0.6 is 34.5 Å². The fraction of sp³-hybridized carbons (Fsp3) is 0.333. The van der Waals surface area contributed by atoms with Crippen LogP contribution in [0, 0.1) is 6.92 Å². The second-order valence-electron chi connectivity index (χ2n) is 5.68. The number of carbonyl (C=O) groups is 1. The molecule has 1 amide bonds. The molecule has 1 aliphatic rings. The van der Waals surface area contributed by atoms with E-state index in [-0.39, 0.29) is 14.9 Å². The second kappa shape index (κ2) is 8.29. The molecule has 0 saturated carbocycles. The molecule has 0 atom stereocenters. The van der Waals surface area contributed by atoms with Crippen molar-refractivity contribution in [3.8, 4) is 0 Å². The van der Waals surface area contributed by atoms with Gasteiger partial charge in [0, 0.05) is 23.1 Å². The number of morpholine rings is 1. The number of rotatable bonds is 5. The zero-order valence-electron chi connectivity index (χ0n) is 14.2. The Morgan fingerprint density at radius 3 is 2.48 bits per heavy atom. The summed E-state index contributed by atoms with van der Waals surface area (Å²) >= 11 is 12.9. The number of nitrogens with one attached hydrogen (secondary N) is 2. The van der Waals surface area contributed by atoms with Crippen molar-refractivity contribution in [1.82, 2.24) is 15.2 Å². The Hall–Kier alpha value is -1.43.